The van der Waals surface area contributed by atoms with Crippen molar-refractivity contribution < 1.29 is 9.90 Å². The molecule has 0 bridgehead atoms. The fraction of sp³-hybridized carbons (Fsp3) is 0.500. The first-order valence-electron chi connectivity index (χ1n) is 11.4. The third-order valence-corrected chi connectivity index (χ3v) is 5.84. The third-order valence-electron chi connectivity index (χ3n) is 5.84. The maximum Gasteiger partial charge on any atom is 0.306 e. The van der Waals surface area contributed by atoms with E-state index in [1.165, 1.54) is 30.4 Å². The Hall–Kier alpha value is -2.69. The average Bonchev–Trinajstić information content (AvgIpc) is 3.14. The summed E-state index contributed by atoms with van der Waals surface area (Å²) in [5.41, 5.74) is 6.19. The van der Waals surface area contributed by atoms with Crippen molar-refractivity contribution in [1.82, 2.24) is 15.0 Å². The molecule has 2 aromatic carbocycles. The lowest BCUT2D eigenvalue weighted by Gasteiger charge is -2.26. The van der Waals surface area contributed by atoms with Gasteiger partial charge in [0, 0.05) is 0 Å². The van der Waals surface area contributed by atoms with Crippen LogP contribution in [-0.4, -0.2) is 26.1 Å². The highest BCUT2D eigenvalue weighted by atomic mass is 16.4. The second kappa shape index (κ2) is 9.63. The van der Waals surface area contributed by atoms with Gasteiger partial charge in [-0.15, -0.1) is 10.2 Å². The summed E-state index contributed by atoms with van der Waals surface area (Å²) in [5.74, 6) is -1.22. The molecule has 0 saturated heterocycles. The molecule has 0 saturated carbocycles. The van der Waals surface area contributed by atoms with Crippen LogP contribution in [0.15, 0.2) is 36.4 Å². The van der Waals surface area contributed by atoms with Crippen LogP contribution in [0.5, 0.6) is 0 Å². The second-order valence-corrected chi connectivity index (χ2v) is 9.62. The van der Waals surface area contributed by atoms with E-state index >= 15 is 0 Å². The summed E-state index contributed by atoms with van der Waals surface area (Å²) in [6.45, 7) is 10.7. The second-order valence-electron chi connectivity index (χ2n) is 9.62. The molecule has 0 spiro atoms. The van der Waals surface area contributed by atoms with Crippen molar-refractivity contribution in [2.75, 3.05) is 0 Å². The molecule has 0 radical (unpaired) electrons. The van der Waals surface area contributed by atoms with Crippen LogP contribution >= 0.6 is 0 Å². The third kappa shape index (κ3) is 5.52. The molecule has 1 N–H and O–H groups in total. The average molecular weight is 422 g/mol. The molecule has 3 aromatic rings. The van der Waals surface area contributed by atoms with E-state index in [2.05, 4.69) is 39.8 Å². The Bertz CT molecular complexity index is 1010. The van der Waals surface area contributed by atoms with Gasteiger partial charge in [-0.3, -0.25) is 4.79 Å². The van der Waals surface area contributed by atoms with Gasteiger partial charge in [0.2, 0.25) is 0 Å². The van der Waals surface area contributed by atoms with Gasteiger partial charge in [-0.2, -0.15) is 4.80 Å². The number of hydrogen-bond acceptors (Lipinski definition) is 3. The quantitative estimate of drug-likeness (QED) is 0.424. The minimum absolute atomic E-state index is 0.0656. The highest BCUT2D eigenvalue weighted by molar-refractivity contribution is 5.74. The zero-order valence-corrected chi connectivity index (χ0v) is 19.5. The molecule has 1 atom stereocenters. The Labute approximate surface area is 185 Å². The smallest absolute Gasteiger partial charge is 0.306 e. The zero-order valence-electron chi connectivity index (χ0n) is 19.5. The molecular weight excluding hydrogens is 386 g/mol. The van der Waals surface area contributed by atoms with Crippen LogP contribution in [-0.2, 0) is 23.1 Å². The van der Waals surface area contributed by atoms with Crippen LogP contribution < -0.4 is 0 Å². The van der Waals surface area contributed by atoms with Crippen molar-refractivity contribution in [2.45, 2.75) is 78.6 Å². The number of unbranched alkanes of at least 4 members (excludes halogenated alkanes) is 3. The lowest BCUT2D eigenvalue weighted by molar-refractivity contribution is -0.141. The van der Waals surface area contributed by atoms with Gasteiger partial charge < -0.3 is 5.11 Å². The molecule has 3 rings (SSSR count). The van der Waals surface area contributed by atoms with E-state index in [1.54, 1.807) is 11.7 Å². The largest absolute Gasteiger partial charge is 0.481 e. The summed E-state index contributed by atoms with van der Waals surface area (Å²) in [6, 6.07) is 12.2. The molecule has 31 heavy (non-hydrogen) atoms. The van der Waals surface area contributed by atoms with Gasteiger partial charge in [0.1, 0.15) is 11.0 Å². The van der Waals surface area contributed by atoms with Crippen molar-refractivity contribution >= 4 is 17.0 Å². The number of rotatable bonds is 9. The van der Waals surface area contributed by atoms with Crippen LogP contribution in [0.3, 0.4) is 0 Å². The summed E-state index contributed by atoms with van der Waals surface area (Å²) in [7, 11) is 0. The van der Waals surface area contributed by atoms with Crippen LogP contribution in [0.4, 0.5) is 0 Å². The minimum Gasteiger partial charge on any atom is -0.481 e. The highest BCUT2D eigenvalue weighted by Gasteiger charge is 2.24. The maximum atomic E-state index is 11.5. The fourth-order valence-corrected chi connectivity index (χ4v) is 4.08. The van der Waals surface area contributed by atoms with Gasteiger partial charge in [-0.1, -0.05) is 72.1 Å². The number of carboxylic acid groups (broad SMARTS) is 1. The molecule has 5 nitrogen and oxygen atoms in total. The highest BCUT2D eigenvalue weighted by Crippen LogP contribution is 2.33. The maximum absolute atomic E-state index is 11.5. The van der Waals surface area contributed by atoms with E-state index in [9.17, 15) is 9.90 Å². The predicted molar refractivity (Wildman–Crippen MR) is 126 cm³/mol. The molecule has 1 unspecified atom stereocenters. The van der Waals surface area contributed by atoms with E-state index in [-0.39, 0.29) is 5.41 Å². The first-order valence-corrected chi connectivity index (χ1v) is 11.4. The normalized spacial score (nSPS) is 12.9. The van der Waals surface area contributed by atoms with E-state index in [4.69, 9.17) is 10.2 Å². The Morgan fingerprint density at radius 1 is 1.06 bits per heavy atom. The molecule has 0 aliphatic carbocycles. The predicted octanol–water partition coefficient (Wildman–Crippen LogP) is 6.10. The molecular formula is C26H35N3O2. The van der Waals surface area contributed by atoms with Crippen LogP contribution in [0.2, 0.25) is 0 Å². The number of aromatic nitrogens is 3. The molecule has 0 aliphatic heterocycles. The number of benzene rings is 2. The van der Waals surface area contributed by atoms with Crippen molar-refractivity contribution in [1.29, 1.82) is 0 Å². The molecule has 0 amide bonds. The first kappa shape index (κ1) is 23.0. The van der Waals surface area contributed by atoms with Gasteiger partial charge in [-0.25, -0.2) is 0 Å². The minimum atomic E-state index is -0.773. The topological polar surface area (TPSA) is 68.0 Å². The van der Waals surface area contributed by atoms with E-state index in [1.807, 2.05) is 24.3 Å². The lowest BCUT2D eigenvalue weighted by atomic mass is 9.80. The SMILES string of the molecule is CCCCCCc1c(-n2nc3ccccc3n2)cc(CC(C)C(=O)O)cc1C(C)(C)C. The van der Waals surface area contributed by atoms with Crippen molar-refractivity contribution in [3.05, 3.63) is 53.1 Å². The fourth-order valence-electron chi connectivity index (χ4n) is 4.08. The Balaban J connectivity index is 2.15. The van der Waals surface area contributed by atoms with Crippen LogP contribution in [0.1, 0.15) is 77.0 Å². The standard InChI is InChI=1S/C26H35N3O2/c1-6-7-8-9-12-20-21(26(3,4)5)16-19(15-18(2)25(30)31)17-24(20)29-27-22-13-10-11-14-23(22)28-29/h10-11,13-14,16-18H,6-9,12,15H2,1-5H3,(H,30,31). The summed E-state index contributed by atoms with van der Waals surface area (Å²) >= 11 is 0. The van der Waals surface area contributed by atoms with Gasteiger partial charge in [-0.05, 0) is 59.6 Å². The van der Waals surface area contributed by atoms with Crippen molar-refractivity contribution in [3.63, 3.8) is 0 Å². The molecule has 166 valence electrons. The number of nitrogens with zero attached hydrogens (tertiary/aromatic N) is 3. The van der Waals surface area contributed by atoms with Crippen LogP contribution in [0, 0.1) is 5.92 Å². The van der Waals surface area contributed by atoms with Gasteiger partial charge >= 0.3 is 5.97 Å². The molecule has 1 heterocycles. The summed E-state index contributed by atoms with van der Waals surface area (Å²) in [5, 5.41) is 19.0. The summed E-state index contributed by atoms with van der Waals surface area (Å²) in [6.07, 6.45) is 6.22. The Kier molecular flexibility index (Phi) is 7.14. The van der Waals surface area contributed by atoms with Crippen molar-refractivity contribution in [3.8, 4) is 5.69 Å². The Morgan fingerprint density at radius 3 is 2.26 bits per heavy atom. The van der Waals surface area contributed by atoms with Gasteiger partial charge in [0.15, 0.2) is 0 Å². The molecule has 0 aliphatic rings. The lowest BCUT2D eigenvalue weighted by Crippen LogP contribution is -2.19. The molecule has 0 fully saturated rings. The number of carboxylic acids is 1. The monoisotopic (exact) mass is 421 g/mol. The van der Waals surface area contributed by atoms with E-state index in [0.717, 1.165) is 35.1 Å². The van der Waals surface area contributed by atoms with Crippen LogP contribution in [0.25, 0.3) is 16.7 Å². The summed E-state index contributed by atoms with van der Waals surface area (Å²) in [4.78, 5) is 13.3. The van der Waals surface area contributed by atoms with E-state index in [0.29, 0.717) is 6.42 Å². The van der Waals surface area contributed by atoms with Gasteiger partial charge in [0.05, 0.1) is 11.6 Å². The summed E-state index contributed by atoms with van der Waals surface area (Å²) < 4.78 is 0. The molecule has 5 heteroatoms. The Morgan fingerprint density at radius 2 is 1.71 bits per heavy atom. The number of aliphatic carboxylic acids is 1. The van der Waals surface area contributed by atoms with Gasteiger partial charge in [0.25, 0.3) is 0 Å². The molecule has 1 aromatic heterocycles. The zero-order chi connectivity index (χ0) is 22.6. The number of fused-ring (bicyclic) bond motifs is 1. The number of carbonyl (C=O) groups is 1. The first-order chi connectivity index (χ1) is 14.7. The van der Waals surface area contributed by atoms with E-state index < -0.39 is 11.9 Å². The number of hydrogen-bond donors (Lipinski definition) is 1. The van der Waals surface area contributed by atoms with Crippen molar-refractivity contribution in [2.24, 2.45) is 5.92 Å².